The lowest BCUT2D eigenvalue weighted by Gasteiger charge is -2.41. The van der Waals surface area contributed by atoms with Crippen LogP contribution in [0.3, 0.4) is 0 Å². The third-order valence-corrected chi connectivity index (χ3v) is 4.10. The van der Waals surface area contributed by atoms with Gasteiger partial charge in [-0.1, -0.05) is 33.1 Å². The monoisotopic (exact) mass is 259 g/mol. The Labute approximate surface area is 111 Å². The van der Waals surface area contributed by atoms with Crippen LogP contribution in [0.4, 0.5) is 0 Å². The summed E-state index contributed by atoms with van der Waals surface area (Å²) < 4.78 is 0. The van der Waals surface area contributed by atoms with Gasteiger partial charge in [0.15, 0.2) is 0 Å². The highest BCUT2D eigenvalue weighted by atomic mass is 16.3. The van der Waals surface area contributed by atoms with E-state index in [9.17, 15) is 15.3 Å². The fourth-order valence-electron chi connectivity index (χ4n) is 2.86. The largest absolute Gasteiger partial charge is 0.395 e. The maximum atomic E-state index is 9.91. The van der Waals surface area contributed by atoms with E-state index in [1.165, 1.54) is 19.3 Å². The summed E-state index contributed by atoms with van der Waals surface area (Å²) in [5, 5.41) is 29.0. The Bertz CT molecular complexity index is 225. The molecule has 4 nitrogen and oxygen atoms in total. The van der Waals surface area contributed by atoms with Crippen LogP contribution in [0.25, 0.3) is 0 Å². The number of hydrogen-bond donors (Lipinski definition) is 3. The van der Waals surface area contributed by atoms with E-state index in [4.69, 9.17) is 0 Å². The zero-order chi connectivity index (χ0) is 13.5. The van der Waals surface area contributed by atoms with E-state index >= 15 is 0 Å². The summed E-state index contributed by atoms with van der Waals surface area (Å²) >= 11 is 0. The van der Waals surface area contributed by atoms with Crippen molar-refractivity contribution in [2.75, 3.05) is 19.7 Å². The van der Waals surface area contributed by atoms with Gasteiger partial charge in [-0.05, 0) is 12.3 Å². The Balaban J connectivity index is 2.54. The molecule has 0 amide bonds. The third kappa shape index (κ3) is 4.50. The van der Waals surface area contributed by atoms with Gasteiger partial charge in [0.05, 0.1) is 24.9 Å². The first-order valence-corrected chi connectivity index (χ1v) is 7.33. The van der Waals surface area contributed by atoms with Gasteiger partial charge in [-0.15, -0.1) is 0 Å². The van der Waals surface area contributed by atoms with E-state index in [1.807, 2.05) is 0 Å². The molecule has 0 bridgehead atoms. The fourth-order valence-corrected chi connectivity index (χ4v) is 2.86. The van der Waals surface area contributed by atoms with Gasteiger partial charge in [0.25, 0.3) is 0 Å². The highest BCUT2D eigenvalue weighted by Gasteiger charge is 2.34. The second kappa shape index (κ2) is 8.10. The minimum absolute atomic E-state index is 0.0297. The minimum atomic E-state index is -0.609. The van der Waals surface area contributed by atoms with Crippen LogP contribution in [0.15, 0.2) is 0 Å². The van der Waals surface area contributed by atoms with Gasteiger partial charge in [-0.25, -0.2) is 0 Å². The molecule has 0 aromatic heterocycles. The predicted octanol–water partition coefficient (Wildman–Crippen LogP) is 0.991. The highest BCUT2D eigenvalue weighted by Crippen LogP contribution is 2.22. The molecule has 4 heteroatoms. The van der Waals surface area contributed by atoms with E-state index in [2.05, 4.69) is 18.7 Å². The number of likely N-dealkylation sites (tertiary alicyclic amines) is 1. The smallest absolute Gasteiger partial charge is 0.0742 e. The topological polar surface area (TPSA) is 63.9 Å². The van der Waals surface area contributed by atoms with Crippen molar-refractivity contribution in [3.05, 3.63) is 0 Å². The SMILES string of the molecule is CCCCC(CC)CN1CC(O)CC(O)C1CO. The number of aliphatic hydroxyl groups excluding tert-OH is 3. The molecule has 0 aromatic rings. The van der Waals surface area contributed by atoms with Gasteiger partial charge >= 0.3 is 0 Å². The van der Waals surface area contributed by atoms with E-state index in [-0.39, 0.29) is 12.6 Å². The molecule has 1 aliphatic rings. The van der Waals surface area contributed by atoms with Crippen LogP contribution in [-0.4, -0.2) is 58.2 Å². The van der Waals surface area contributed by atoms with Crippen molar-refractivity contribution >= 4 is 0 Å². The van der Waals surface area contributed by atoms with Crippen LogP contribution in [0, 0.1) is 5.92 Å². The average molecular weight is 259 g/mol. The molecule has 0 aromatic carbocycles. The quantitative estimate of drug-likeness (QED) is 0.638. The van der Waals surface area contributed by atoms with Crippen molar-refractivity contribution in [1.82, 2.24) is 4.90 Å². The summed E-state index contributed by atoms with van der Waals surface area (Å²) in [7, 11) is 0. The molecule has 4 atom stereocenters. The highest BCUT2D eigenvalue weighted by molar-refractivity contribution is 4.88. The maximum absolute atomic E-state index is 9.91. The molecule has 0 saturated carbocycles. The Kier molecular flexibility index (Phi) is 7.15. The molecule has 1 fully saturated rings. The standard InChI is InChI=1S/C14H29NO3/c1-3-5-6-11(4-2)8-15-9-12(17)7-14(18)13(15)10-16/h11-14,16-18H,3-10H2,1-2H3. The van der Waals surface area contributed by atoms with E-state index < -0.39 is 12.2 Å². The zero-order valence-electron chi connectivity index (χ0n) is 11.8. The second-order valence-corrected chi connectivity index (χ2v) is 5.58. The Hall–Kier alpha value is -0.160. The molecule has 0 aliphatic carbocycles. The van der Waals surface area contributed by atoms with Crippen molar-refractivity contribution in [2.24, 2.45) is 5.92 Å². The molecule has 1 heterocycles. The van der Waals surface area contributed by atoms with Crippen molar-refractivity contribution < 1.29 is 15.3 Å². The summed E-state index contributed by atoms with van der Waals surface area (Å²) in [5.74, 6) is 0.594. The van der Waals surface area contributed by atoms with E-state index in [0.717, 1.165) is 13.0 Å². The van der Waals surface area contributed by atoms with Crippen LogP contribution in [-0.2, 0) is 0 Å². The molecule has 4 unspecified atom stereocenters. The van der Waals surface area contributed by atoms with Crippen LogP contribution in [0.1, 0.15) is 46.0 Å². The molecular formula is C14H29NO3. The van der Waals surface area contributed by atoms with Crippen molar-refractivity contribution in [3.8, 4) is 0 Å². The summed E-state index contributed by atoms with van der Waals surface area (Å²) in [4.78, 5) is 2.07. The lowest BCUT2D eigenvalue weighted by Crippen LogP contribution is -2.56. The van der Waals surface area contributed by atoms with Crippen molar-refractivity contribution in [2.45, 2.75) is 64.2 Å². The molecule has 108 valence electrons. The summed E-state index contributed by atoms with van der Waals surface area (Å²) in [6.45, 7) is 5.79. The number of piperidine rings is 1. The molecule has 18 heavy (non-hydrogen) atoms. The third-order valence-electron chi connectivity index (χ3n) is 4.10. The van der Waals surface area contributed by atoms with Gasteiger partial charge in [-0.3, -0.25) is 4.90 Å². The molecule has 1 aliphatic heterocycles. The Morgan fingerprint density at radius 1 is 1.28 bits per heavy atom. The lowest BCUT2D eigenvalue weighted by atomic mass is 9.93. The molecular weight excluding hydrogens is 230 g/mol. The fraction of sp³-hybridized carbons (Fsp3) is 1.00. The van der Waals surface area contributed by atoms with Gasteiger partial charge in [0.1, 0.15) is 0 Å². The molecule has 0 spiro atoms. The number of aliphatic hydroxyl groups is 3. The maximum Gasteiger partial charge on any atom is 0.0742 e. The average Bonchev–Trinajstić information content (AvgIpc) is 2.33. The first-order chi connectivity index (χ1) is 8.62. The lowest BCUT2D eigenvalue weighted by molar-refractivity contribution is -0.0706. The van der Waals surface area contributed by atoms with Gasteiger partial charge in [-0.2, -0.15) is 0 Å². The second-order valence-electron chi connectivity index (χ2n) is 5.58. The van der Waals surface area contributed by atoms with Crippen LogP contribution < -0.4 is 0 Å². The van der Waals surface area contributed by atoms with Crippen LogP contribution >= 0.6 is 0 Å². The summed E-state index contributed by atoms with van der Waals surface area (Å²) in [6.07, 6.45) is 4.03. The van der Waals surface area contributed by atoms with Crippen molar-refractivity contribution in [1.29, 1.82) is 0 Å². The number of rotatable bonds is 7. The predicted molar refractivity (Wildman–Crippen MR) is 72.4 cm³/mol. The Morgan fingerprint density at radius 3 is 2.56 bits per heavy atom. The first kappa shape index (κ1) is 15.9. The van der Waals surface area contributed by atoms with Crippen LogP contribution in [0.5, 0.6) is 0 Å². The molecule has 1 rings (SSSR count). The van der Waals surface area contributed by atoms with Gasteiger partial charge in [0, 0.05) is 19.5 Å². The molecule has 1 saturated heterocycles. The number of β-amino-alcohol motifs (C(OH)–C–C–N with tert-alkyl or cyclic N) is 1. The molecule has 3 N–H and O–H groups in total. The van der Waals surface area contributed by atoms with E-state index in [0.29, 0.717) is 18.9 Å². The van der Waals surface area contributed by atoms with Crippen LogP contribution in [0.2, 0.25) is 0 Å². The Morgan fingerprint density at radius 2 is 2.00 bits per heavy atom. The minimum Gasteiger partial charge on any atom is -0.395 e. The number of unbranched alkanes of at least 4 members (excludes halogenated alkanes) is 1. The first-order valence-electron chi connectivity index (χ1n) is 7.33. The summed E-state index contributed by atoms with van der Waals surface area (Å²) in [6, 6.07) is -0.205. The number of hydrogen-bond acceptors (Lipinski definition) is 4. The zero-order valence-corrected chi connectivity index (χ0v) is 11.8. The van der Waals surface area contributed by atoms with Gasteiger partial charge in [0.2, 0.25) is 0 Å². The number of nitrogens with zero attached hydrogens (tertiary/aromatic N) is 1. The molecule has 0 radical (unpaired) electrons. The van der Waals surface area contributed by atoms with E-state index in [1.54, 1.807) is 0 Å². The van der Waals surface area contributed by atoms with Gasteiger partial charge < -0.3 is 15.3 Å². The summed E-state index contributed by atoms with van der Waals surface area (Å²) in [5.41, 5.74) is 0. The normalized spacial score (nSPS) is 31.5. The van der Waals surface area contributed by atoms with Crippen molar-refractivity contribution in [3.63, 3.8) is 0 Å².